The molecule has 15 heavy (non-hydrogen) atoms. The van der Waals surface area contributed by atoms with Gasteiger partial charge in [-0.2, -0.15) is 0 Å². The minimum absolute atomic E-state index is 0.109. The van der Waals surface area contributed by atoms with E-state index in [0.29, 0.717) is 0 Å². The van der Waals surface area contributed by atoms with E-state index >= 15 is 0 Å². The molecule has 1 rings (SSSR count). The molecule has 0 bridgehead atoms. The Kier molecular flexibility index (Phi) is 4.09. The molecule has 0 aliphatic rings. The minimum Gasteiger partial charge on any atom is -0.370 e. The van der Waals surface area contributed by atoms with E-state index in [1.165, 1.54) is 13.1 Å². The SMILES string of the molecule is CN=C(N)NC(=O)/C=C/c1ccccc1. The molecule has 3 N–H and O–H groups in total. The Labute approximate surface area is 88.5 Å². The van der Waals surface area contributed by atoms with Crippen LogP contribution in [0.2, 0.25) is 0 Å². The number of hydrogen-bond donors (Lipinski definition) is 2. The number of nitrogens with two attached hydrogens (primary N) is 1. The summed E-state index contributed by atoms with van der Waals surface area (Å²) in [6.07, 6.45) is 3.12. The number of carbonyl (C=O) groups is 1. The van der Waals surface area contributed by atoms with E-state index in [9.17, 15) is 4.79 Å². The van der Waals surface area contributed by atoms with Gasteiger partial charge in [-0.1, -0.05) is 30.3 Å². The third-order valence-electron chi connectivity index (χ3n) is 1.72. The Hall–Kier alpha value is -2.10. The largest absolute Gasteiger partial charge is 0.370 e. The fraction of sp³-hybridized carbons (Fsp3) is 0.0909. The lowest BCUT2D eigenvalue weighted by Crippen LogP contribution is -2.35. The van der Waals surface area contributed by atoms with E-state index in [4.69, 9.17) is 5.73 Å². The minimum atomic E-state index is -0.290. The predicted octanol–water partition coefficient (Wildman–Crippen LogP) is 0.760. The normalized spacial score (nSPS) is 11.7. The van der Waals surface area contributed by atoms with Gasteiger partial charge in [-0.15, -0.1) is 0 Å². The van der Waals surface area contributed by atoms with Gasteiger partial charge >= 0.3 is 0 Å². The van der Waals surface area contributed by atoms with E-state index in [-0.39, 0.29) is 11.9 Å². The van der Waals surface area contributed by atoms with Crippen molar-refractivity contribution < 1.29 is 4.79 Å². The second kappa shape index (κ2) is 5.59. The average molecular weight is 203 g/mol. The third kappa shape index (κ3) is 4.08. The molecule has 1 aromatic carbocycles. The average Bonchev–Trinajstić information content (AvgIpc) is 2.27. The van der Waals surface area contributed by atoms with Crippen molar-refractivity contribution in [2.24, 2.45) is 10.7 Å². The number of nitrogens with zero attached hydrogens (tertiary/aromatic N) is 1. The lowest BCUT2D eigenvalue weighted by atomic mass is 10.2. The zero-order valence-corrected chi connectivity index (χ0v) is 8.47. The van der Waals surface area contributed by atoms with E-state index in [1.807, 2.05) is 30.3 Å². The van der Waals surface area contributed by atoms with Crippen LogP contribution in [-0.4, -0.2) is 18.9 Å². The Balaban J connectivity index is 2.55. The molecular weight excluding hydrogens is 190 g/mol. The first-order valence-corrected chi connectivity index (χ1v) is 4.48. The summed E-state index contributed by atoms with van der Waals surface area (Å²) in [4.78, 5) is 14.8. The van der Waals surface area contributed by atoms with Crippen molar-refractivity contribution >= 4 is 17.9 Å². The maximum absolute atomic E-state index is 11.2. The third-order valence-corrected chi connectivity index (χ3v) is 1.72. The summed E-state index contributed by atoms with van der Waals surface area (Å²) in [5.41, 5.74) is 6.29. The van der Waals surface area contributed by atoms with Gasteiger partial charge in [-0.05, 0) is 11.6 Å². The number of guanidine groups is 1. The standard InChI is InChI=1S/C11H13N3O/c1-13-11(12)14-10(15)8-7-9-5-3-2-4-6-9/h2-8H,1H3,(H3,12,13,14,15)/b8-7+. The van der Waals surface area contributed by atoms with Crippen LogP contribution in [-0.2, 0) is 4.79 Å². The van der Waals surface area contributed by atoms with Gasteiger partial charge in [0.2, 0.25) is 0 Å². The Morgan fingerprint density at radius 2 is 2.07 bits per heavy atom. The summed E-state index contributed by atoms with van der Waals surface area (Å²) in [6.45, 7) is 0. The lowest BCUT2D eigenvalue weighted by molar-refractivity contribution is -0.115. The molecule has 0 heterocycles. The molecule has 4 heteroatoms. The highest BCUT2D eigenvalue weighted by Gasteiger charge is 1.95. The van der Waals surface area contributed by atoms with E-state index in [0.717, 1.165) is 5.56 Å². The van der Waals surface area contributed by atoms with Gasteiger partial charge in [0.15, 0.2) is 5.96 Å². The fourth-order valence-electron chi connectivity index (χ4n) is 0.960. The summed E-state index contributed by atoms with van der Waals surface area (Å²) in [6, 6.07) is 9.53. The van der Waals surface area contributed by atoms with E-state index in [1.54, 1.807) is 6.08 Å². The first-order valence-electron chi connectivity index (χ1n) is 4.48. The molecule has 1 amide bonds. The van der Waals surface area contributed by atoms with Crippen LogP contribution in [0.5, 0.6) is 0 Å². The van der Waals surface area contributed by atoms with Crippen LogP contribution in [0, 0.1) is 0 Å². The van der Waals surface area contributed by atoms with Gasteiger partial charge in [0.1, 0.15) is 0 Å². The van der Waals surface area contributed by atoms with Crippen molar-refractivity contribution in [3.8, 4) is 0 Å². The monoisotopic (exact) mass is 203 g/mol. The number of benzene rings is 1. The second-order valence-electron chi connectivity index (χ2n) is 2.84. The zero-order valence-electron chi connectivity index (χ0n) is 8.47. The molecule has 0 unspecified atom stereocenters. The topological polar surface area (TPSA) is 67.5 Å². The van der Waals surface area contributed by atoms with Crippen molar-refractivity contribution in [3.05, 3.63) is 42.0 Å². The number of nitrogens with one attached hydrogen (secondary N) is 1. The van der Waals surface area contributed by atoms with Crippen LogP contribution < -0.4 is 11.1 Å². The first-order chi connectivity index (χ1) is 7.22. The molecule has 0 fully saturated rings. The van der Waals surface area contributed by atoms with Crippen molar-refractivity contribution in [1.82, 2.24) is 5.32 Å². The Morgan fingerprint density at radius 1 is 1.40 bits per heavy atom. The highest BCUT2D eigenvalue weighted by molar-refractivity contribution is 6.03. The number of aliphatic imine (C=N–C) groups is 1. The smallest absolute Gasteiger partial charge is 0.250 e. The van der Waals surface area contributed by atoms with Gasteiger partial charge in [0.05, 0.1) is 0 Å². The first kappa shape index (κ1) is 11.0. The Bertz CT molecular complexity index is 382. The summed E-state index contributed by atoms with van der Waals surface area (Å²) in [5.74, 6) is -0.181. The van der Waals surface area contributed by atoms with Crippen LogP contribution in [0.25, 0.3) is 6.08 Å². The molecule has 0 aliphatic carbocycles. The number of carbonyl (C=O) groups excluding carboxylic acids is 1. The number of amides is 1. The van der Waals surface area contributed by atoms with Gasteiger partial charge in [0.25, 0.3) is 5.91 Å². The quantitative estimate of drug-likeness (QED) is 0.423. The van der Waals surface area contributed by atoms with Gasteiger partial charge in [0, 0.05) is 13.1 Å². The predicted molar refractivity (Wildman–Crippen MR) is 61.2 cm³/mol. The molecule has 78 valence electrons. The van der Waals surface area contributed by atoms with E-state index in [2.05, 4.69) is 10.3 Å². The van der Waals surface area contributed by atoms with Crippen LogP contribution in [0.3, 0.4) is 0 Å². The van der Waals surface area contributed by atoms with Crippen LogP contribution >= 0.6 is 0 Å². The summed E-state index contributed by atoms with van der Waals surface area (Å²) >= 11 is 0. The van der Waals surface area contributed by atoms with Crippen molar-refractivity contribution in [3.63, 3.8) is 0 Å². The van der Waals surface area contributed by atoms with Crippen LogP contribution in [0.15, 0.2) is 41.4 Å². The molecular formula is C11H13N3O. The molecule has 4 nitrogen and oxygen atoms in total. The number of rotatable bonds is 2. The van der Waals surface area contributed by atoms with Crippen LogP contribution in [0.4, 0.5) is 0 Å². The maximum Gasteiger partial charge on any atom is 0.250 e. The van der Waals surface area contributed by atoms with Crippen molar-refractivity contribution in [2.75, 3.05) is 7.05 Å². The van der Waals surface area contributed by atoms with E-state index < -0.39 is 0 Å². The summed E-state index contributed by atoms with van der Waals surface area (Å²) in [7, 11) is 1.51. The lowest BCUT2D eigenvalue weighted by Gasteiger charge is -1.98. The maximum atomic E-state index is 11.2. The van der Waals surface area contributed by atoms with Gasteiger partial charge in [-0.3, -0.25) is 15.1 Å². The fourth-order valence-corrected chi connectivity index (χ4v) is 0.960. The number of hydrogen-bond acceptors (Lipinski definition) is 2. The zero-order chi connectivity index (χ0) is 11.1. The van der Waals surface area contributed by atoms with Gasteiger partial charge < -0.3 is 5.73 Å². The highest BCUT2D eigenvalue weighted by atomic mass is 16.1. The molecule has 0 aliphatic heterocycles. The molecule has 0 spiro atoms. The molecule has 0 radical (unpaired) electrons. The molecule has 0 saturated carbocycles. The van der Waals surface area contributed by atoms with Crippen molar-refractivity contribution in [1.29, 1.82) is 0 Å². The summed E-state index contributed by atoms with van der Waals surface area (Å²) < 4.78 is 0. The molecule has 1 aromatic rings. The molecule has 0 aromatic heterocycles. The van der Waals surface area contributed by atoms with Crippen LogP contribution in [0.1, 0.15) is 5.56 Å². The highest BCUT2D eigenvalue weighted by Crippen LogP contribution is 2.00. The second-order valence-corrected chi connectivity index (χ2v) is 2.84. The summed E-state index contributed by atoms with van der Waals surface area (Å²) in [5, 5.41) is 2.40. The Morgan fingerprint density at radius 3 is 2.67 bits per heavy atom. The molecule has 0 atom stereocenters. The van der Waals surface area contributed by atoms with Gasteiger partial charge in [-0.25, -0.2) is 0 Å². The van der Waals surface area contributed by atoms with Crippen molar-refractivity contribution in [2.45, 2.75) is 0 Å². The molecule has 0 saturated heterocycles.